The molecule has 0 bridgehead atoms. The van der Waals surface area contributed by atoms with E-state index >= 15 is 0 Å². The SMILES string of the molecule is COCCN(C(=O)CCN)c1ccc(OC)c(OC)c1.Cl. The van der Waals surface area contributed by atoms with Gasteiger partial charge in [-0.15, -0.1) is 12.4 Å². The highest BCUT2D eigenvalue weighted by atomic mass is 35.5. The number of nitrogens with two attached hydrogens (primary N) is 1. The quantitative estimate of drug-likeness (QED) is 0.785. The first kappa shape index (κ1) is 19.5. The smallest absolute Gasteiger partial charge is 0.228 e. The fourth-order valence-corrected chi connectivity index (χ4v) is 1.83. The van der Waals surface area contributed by atoms with Gasteiger partial charge >= 0.3 is 0 Å². The van der Waals surface area contributed by atoms with Gasteiger partial charge in [-0.05, 0) is 12.1 Å². The van der Waals surface area contributed by atoms with E-state index in [0.717, 1.165) is 5.69 Å². The normalized spacial score (nSPS) is 9.71. The van der Waals surface area contributed by atoms with Crippen LogP contribution in [0.25, 0.3) is 0 Å². The molecule has 0 heterocycles. The number of hydrogen-bond acceptors (Lipinski definition) is 5. The van der Waals surface area contributed by atoms with E-state index < -0.39 is 0 Å². The highest BCUT2D eigenvalue weighted by molar-refractivity contribution is 5.93. The van der Waals surface area contributed by atoms with E-state index in [-0.39, 0.29) is 24.7 Å². The molecule has 2 N–H and O–H groups in total. The van der Waals surface area contributed by atoms with E-state index in [1.807, 2.05) is 6.07 Å². The second kappa shape index (κ2) is 10.3. The van der Waals surface area contributed by atoms with Gasteiger partial charge in [0.15, 0.2) is 11.5 Å². The molecule has 1 amide bonds. The van der Waals surface area contributed by atoms with Crippen molar-refractivity contribution in [3.63, 3.8) is 0 Å². The van der Waals surface area contributed by atoms with Crippen LogP contribution in [-0.2, 0) is 9.53 Å². The van der Waals surface area contributed by atoms with E-state index in [1.165, 1.54) is 0 Å². The fourth-order valence-electron chi connectivity index (χ4n) is 1.83. The van der Waals surface area contributed by atoms with Crippen molar-refractivity contribution in [3.05, 3.63) is 18.2 Å². The average molecular weight is 319 g/mol. The number of amides is 1. The van der Waals surface area contributed by atoms with Gasteiger partial charge in [0.05, 0.1) is 20.8 Å². The Labute approximate surface area is 131 Å². The van der Waals surface area contributed by atoms with Gasteiger partial charge in [-0.3, -0.25) is 4.79 Å². The van der Waals surface area contributed by atoms with Crippen LogP contribution >= 0.6 is 12.4 Å². The monoisotopic (exact) mass is 318 g/mol. The Balaban J connectivity index is 0.00000400. The van der Waals surface area contributed by atoms with Crippen molar-refractivity contribution < 1.29 is 19.0 Å². The summed E-state index contributed by atoms with van der Waals surface area (Å²) < 4.78 is 15.5. The maximum atomic E-state index is 12.1. The lowest BCUT2D eigenvalue weighted by Gasteiger charge is -2.23. The molecule has 21 heavy (non-hydrogen) atoms. The predicted octanol–water partition coefficient (Wildman–Crippen LogP) is 1.45. The summed E-state index contributed by atoms with van der Waals surface area (Å²) in [5, 5.41) is 0. The Kier molecular flexibility index (Phi) is 9.53. The lowest BCUT2D eigenvalue weighted by atomic mass is 10.2. The number of nitrogens with zero attached hydrogens (tertiary/aromatic N) is 1. The van der Waals surface area contributed by atoms with Crippen LogP contribution in [0.2, 0.25) is 0 Å². The minimum atomic E-state index is -0.0447. The summed E-state index contributed by atoms with van der Waals surface area (Å²) in [4.78, 5) is 13.8. The Morgan fingerprint density at radius 1 is 1.19 bits per heavy atom. The molecule has 1 aromatic rings. The number of rotatable bonds is 8. The molecule has 0 unspecified atom stereocenters. The van der Waals surface area contributed by atoms with Gasteiger partial charge < -0.3 is 24.8 Å². The zero-order chi connectivity index (χ0) is 15.0. The first-order chi connectivity index (χ1) is 9.67. The molecule has 0 saturated heterocycles. The molecular weight excluding hydrogens is 296 g/mol. The number of halogens is 1. The molecule has 120 valence electrons. The predicted molar refractivity (Wildman–Crippen MR) is 84.7 cm³/mol. The largest absolute Gasteiger partial charge is 0.493 e. The van der Waals surface area contributed by atoms with E-state index in [9.17, 15) is 4.79 Å². The van der Waals surface area contributed by atoms with Crippen molar-refractivity contribution in [3.8, 4) is 11.5 Å². The molecule has 0 fully saturated rings. The van der Waals surface area contributed by atoms with Crippen LogP contribution in [0, 0.1) is 0 Å². The molecule has 0 aromatic heterocycles. The summed E-state index contributed by atoms with van der Waals surface area (Å²) in [6, 6.07) is 5.35. The van der Waals surface area contributed by atoms with Crippen LogP contribution in [0.5, 0.6) is 11.5 Å². The zero-order valence-corrected chi connectivity index (χ0v) is 13.4. The number of carbonyl (C=O) groups excluding carboxylic acids is 1. The topological polar surface area (TPSA) is 74.0 Å². The Bertz CT molecular complexity index is 443. The van der Waals surface area contributed by atoms with Crippen LogP contribution in [0.3, 0.4) is 0 Å². The van der Waals surface area contributed by atoms with Crippen LogP contribution < -0.4 is 20.1 Å². The third-order valence-corrected chi connectivity index (χ3v) is 2.86. The summed E-state index contributed by atoms with van der Waals surface area (Å²) in [5.74, 6) is 1.15. The van der Waals surface area contributed by atoms with Gasteiger partial charge in [0.2, 0.25) is 5.91 Å². The highest BCUT2D eigenvalue weighted by Gasteiger charge is 2.16. The van der Waals surface area contributed by atoms with Gasteiger partial charge in [0.25, 0.3) is 0 Å². The second-order valence-corrected chi connectivity index (χ2v) is 4.12. The summed E-state index contributed by atoms with van der Waals surface area (Å²) in [5.41, 5.74) is 6.19. The van der Waals surface area contributed by atoms with E-state index in [2.05, 4.69) is 0 Å². The molecule has 0 saturated carbocycles. The third kappa shape index (κ3) is 5.41. The summed E-state index contributed by atoms with van der Waals surface area (Å²) >= 11 is 0. The van der Waals surface area contributed by atoms with Crippen LogP contribution in [-0.4, -0.2) is 46.9 Å². The van der Waals surface area contributed by atoms with Gasteiger partial charge in [0, 0.05) is 38.4 Å². The maximum absolute atomic E-state index is 12.1. The van der Waals surface area contributed by atoms with Crippen molar-refractivity contribution in [2.45, 2.75) is 6.42 Å². The molecule has 0 aliphatic heterocycles. The number of hydrogen-bond donors (Lipinski definition) is 1. The molecule has 0 radical (unpaired) electrons. The van der Waals surface area contributed by atoms with Crippen molar-refractivity contribution >= 4 is 24.0 Å². The van der Waals surface area contributed by atoms with Gasteiger partial charge in [-0.1, -0.05) is 0 Å². The molecule has 7 heteroatoms. The molecule has 0 atom stereocenters. The summed E-state index contributed by atoms with van der Waals surface area (Å²) in [7, 11) is 4.73. The van der Waals surface area contributed by atoms with Crippen molar-refractivity contribution in [2.24, 2.45) is 5.73 Å². The number of carbonyl (C=O) groups is 1. The molecular formula is C14H23ClN2O4. The lowest BCUT2D eigenvalue weighted by molar-refractivity contribution is -0.118. The Hall–Kier alpha value is -1.50. The van der Waals surface area contributed by atoms with E-state index in [0.29, 0.717) is 31.2 Å². The Morgan fingerprint density at radius 2 is 1.86 bits per heavy atom. The Morgan fingerprint density at radius 3 is 2.38 bits per heavy atom. The van der Waals surface area contributed by atoms with E-state index in [1.54, 1.807) is 38.4 Å². The summed E-state index contributed by atoms with van der Waals surface area (Å²) in [6.45, 7) is 1.23. The van der Waals surface area contributed by atoms with Crippen LogP contribution in [0.1, 0.15) is 6.42 Å². The van der Waals surface area contributed by atoms with E-state index in [4.69, 9.17) is 19.9 Å². The molecule has 0 aliphatic rings. The maximum Gasteiger partial charge on any atom is 0.228 e. The highest BCUT2D eigenvalue weighted by Crippen LogP contribution is 2.31. The number of ether oxygens (including phenoxy) is 3. The van der Waals surface area contributed by atoms with Gasteiger partial charge in [0.1, 0.15) is 0 Å². The average Bonchev–Trinajstić information content (AvgIpc) is 2.47. The van der Waals surface area contributed by atoms with Crippen molar-refractivity contribution in [1.29, 1.82) is 0 Å². The van der Waals surface area contributed by atoms with Crippen molar-refractivity contribution in [2.75, 3.05) is 45.9 Å². The number of methoxy groups -OCH3 is 3. The fraction of sp³-hybridized carbons (Fsp3) is 0.500. The van der Waals surface area contributed by atoms with Crippen LogP contribution in [0.15, 0.2) is 18.2 Å². The minimum absolute atomic E-state index is 0. The second-order valence-electron chi connectivity index (χ2n) is 4.12. The minimum Gasteiger partial charge on any atom is -0.493 e. The number of benzene rings is 1. The van der Waals surface area contributed by atoms with Gasteiger partial charge in [-0.2, -0.15) is 0 Å². The molecule has 6 nitrogen and oxygen atoms in total. The molecule has 0 aliphatic carbocycles. The summed E-state index contributed by atoms with van der Waals surface area (Å²) in [6.07, 6.45) is 0.290. The van der Waals surface area contributed by atoms with Crippen LogP contribution in [0.4, 0.5) is 5.69 Å². The van der Waals surface area contributed by atoms with Gasteiger partial charge in [-0.25, -0.2) is 0 Å². The first-order valence-electron chi connectivity index (χ1n) is 6.39. The molecule has 0 spiro atoms. The van der Waals surface area contributed by atoms with Crippen molar-refractivity contribution in [1.82, 2.24) is 0 Å². The standard InChI is InChI=1S/C14H22N2O4.ClH/c1-18-9-8-16(14(17)6-7-15)11-4-5-12(19-2)13(10-11)20-3;/h4-5,10H,6-9,15H2,1-3H3;1H. The molecule has 1 aromatic carbocycles. The zero-order valence-electron chi connectivity index (χ0n) is 12.6. The lowest BCUT2D eigenvalue weighted by Crippen LogP contribution is -2.35. The molecule has 1 rings (SSSR count). The third-order valence-electron chi connectivity index (χ3n) is 2.86. The first-order valence-corrected chi connectivity index (χ1v) is 6.39. The number of anilines is 1.